The van der Waals surface area contributed by atoms with E-state index in [2.05, 4.69) is 55.2 Å². The van der Waals surface area contributed by atoms with Crippen LogP contribution in [-0.4, -0.2) is 17.6 Å². The number of hydrogen-bond donors (Lipinski definition) is 1. The Hall–Kier alpha value is -1.10. The first-order chi connectivity index (χ1) is 9.83. The van der Waals surface area contributed by atoms with Crippen LogP contribution in [0.3, 0.4) is 0 Å². The van der Waals surface area contributed by atoms with Gasteiger partial charge in [0.25, 0.3) is 0 Å². The molecule has 0 saturated carbocycles. The number of aromatic nitrogens is 1. The maximum absolute atomic E-state index is 5.98. The topological polar surface area (TPSA) is 28.2 Å². The molecule has 0 aliphatic heterocycles. The lowest BCUT2D eigenvalue weighted by molar-refractivity contribution is 0.421. The molecular formula is C16H22ClN3S. The number of hydrogen-bond acceptors (Lipinski definition) is 4. The molecule has 0 bridgehead atoms. The molecule has 2 heterocycles. The van der Waals surface area contributed by atoms with Crippen LogP contribution >= 0.6 is 22.9 Å². The molecule has 21 heavy (non-hydrogen) atoms. The summed E-state index contributed by atoms with van der Waals surface area (Å²) >= 11 is 7.61. The highest BCUT2D eigenvalue weighted by atomic mass is 35.5. The lowest BCUT2D eigenvalue weighted by atomic mass is 10.1. The number of rotatable bonds is 5. The lowest BCUT2D eigenvalue weighted by Crippen LogP contribution is -2.35. The minimum atomic E-state index is 0.0945. The van der Waals surface area contributed by atoms with Crippen LogP contribution in [-0.2, 0) is 13.1 Å². The predicted molar refractivity (Wildman–Crippen MR) is 92.3 cm³/mol. The molecule has 2 rings (SSSR count). The van der Waals surface area contributed by atoms with Crippen molar-refractivity contribution in [2.45, 2.75) is 39.4 Å². The summed E-state index contributed by atoms with van der Waals surface area (Å²) in [4.78, 5) is 7.90. The summed E-state index contributed by atoms with van der Waals surface area (Å²) in [6.07, 6.45) is 1.87. The zero-order chi connectivity index (χ0) is 15.5. The van der Waals surface area contributed by atoms with Crippen molar-refractivity contribution in [1.82, 2.24) is 10.3 Å². The molecule has 0 radical (unpaired) electrons. The number of thiophene rings is 1. The number of pyridine rings is 1. The summed E-state index contributed by atoms with van der Waals surface area (Å²) in [6, 6.07) is 8.19. The monoisotopic (exact) mass is 323 g/mol. The summed E-state index contributed by atoms with van der Waals surface area (Å²) < 4.78 is 0.836. The van der Waals surface area contributed by atoms with Crippen LogP contribution in [0.5, 0.6) is 0 Å². The highest BCUT2D eigenvalue weighted by Gasteiger charge is 2.10. The summed E-state index contributed by atoms with van der Waals surface area (Å²) in [5.41, 5.74) is 2.32. The Morgan fingerprint density at radius 3 is 2.67 bits per heavy atom. The Morgan fingerprint density at radius 2 is 2.05 bits per heavy atom. The van der Waals surface area contributed by atoms with E-state index < -0.39 is 0 Å². The van der Waals surface area contributed by atoms with E-state index in [0.29, 0.717) is 0 Å². The van der Waals surface area contributed by atoms with Gasteiger partial charge in [-0.15, -0.1) is 11.3 Å². The van der Waals surface area contributed by atoms with Crippen molar-refractivity contribution >= 4 is 28.6 Å². The van der Waals surface area contributed by atoms with Gasteiger partial charge in [0.1, 0.15) is 0 Å². The normalized spacial score (nSPS) is 11.7. The van der Waals surface area contributed by atoms with E-state index in [0.717, 1.165) is 23.1 Å². The van der Waals surface area contributed by atoms with Gasteiger partial charge in [-0.1, -0.05) is 11.6 Å². The van der Waals surface area contributed by atoms with E-state index in [1.165, 1.54) is 10.6 Å². The van der Waals surface area contributed by atoms with Gasteiger partial charge < -0.3 is 10.2 Å². The van der Waals surface area contributed by atoms with Crippen LogP contribution < -0.4 is 10.2 Å². The Balaban J connectivity index is 2.02. The first-order valence-electron chi connectivity index (χ1n) is 6.99. The van der Waals surface area contributed by atoms with E-state index in [9.17, 15) is 0 Å². The fraction of sp³-hybridized carbons (Fsp3) is 0.438. The fourth-order valence-corrected chi connectivity index (χ4v) is 3.06. The van der Waals surface area contributed by atoms with Crippen molar-refractivity contribution in [2.75, 3.05) is 11.9 Å². The van der Waals surface area contributed by atoms with E-state index in [4.69, 9.17) is 11.6 Å². The zero-order valence-corrected chi connectivity index (χ0v) is 14.6. The lowest BCUT2D eigenvalue weighted by Gasteiger charge is -2.22. The van der Waals surface area contributed by atoms with Crippen LogP contribution in [0.15, 0.2) is 30.5 Å². The number of anilines is 1. The quantitative estimate of drug-likeness (QED) is 0.888. The number of nitrogens with zero attached hydrogens (tertiary/aromatic N) is 2. The molecule has 0 spiro atoms. The van der Waals surface area contributed by atoms with Gasteiger partial charge in [-0.2, -0.15) is 0 Å². The van der Waals surface area contributed by atoms with Gasteiger partial charge in [0.2, 0.25) is 0 Å². The second kappa shape index (κ2) is 6.77. The third-order valence-electron chi connectivity index (χ3n) is 3.06. The molecule has 0 atom stereocenters. The molecule has 2 aromatic heterocycles. The van der Waals surface area contributed by atoms with Gasteiger partial charge in [-0.3, -0.25) is 4.98 Å². The predicted octanol–water partition coefficient (Wildman–Crippen LogP) is 4.32. The van der Waals surface area contributed by atoms with E-state index in [-0.39, 0.29) is 5.54 Å². The van der Waals surface area contributed by atoms with Crippen molar-refractivity contribution in [3.05, 3.63) is 45.4 Å². The molecule has 0 aliphatic rings. The van der Waals surface area contributed by atoms with E-state index >= 15 is 0 Å². The van der Waals surface area contributed by atoms with Crippen LogP contribution in [0, 0.1) is 0 Å². The van der Waals surface area contributed by atoms with E-state index in [1.807, 2.05) is 18.3 Å². The third-order valence-corrected chi connectivity index (χ3v) is 4.28. The van der Waals surface area contributed by atoms with Crippen molar-refractivity contribution < 1.29 is 0 Å². The van der Waals surface area contributed by atoms with Gasteiger partial charge in [0.05, 0.1) is 16.6 Å². The first kappa shape index (κ1) is 16.3. The van der Waals surface area contributed by atoms with Crippen LogP contribution in [0.1, 0.15) is 31.3 Å². The molecule has 0 aromatic carbocycles. The Kier molecular flexibility index (Phi) is 5.25. The average molecular weight is 324 g/mol. The van der Waals surface area contributed by atoms with Gasteiger partial charge in [-0.05, 0) is 45.0 Å². The minimum Gasteiger partial charge on any atom is -0.369 e. The second-order valence-corrected chi connectivity index (χ2v) is 7.97. The Bertz CT molecular complexity index is 589. The molecule has 1 N–H and O–H groups in total. The largest absolute Gasteiger partial charge is 0.369 e. The van der Waals surface area contributed by atoms with Crippen molar-refractivity contribution in [3.8, 4) is 0 Å². The zero-order valence-electron chi connectivity index (χ0n) is 13.0. The summed E-state index contributed by atoms with van der Waals surface area (Å²) in [7, 11) is 2.09. The van der Waals surface area contributed by atoms with Gasteiger partial charge in [0, 0.05) is 35.9 Å². The SMILES string of the molecule is CN(Cc1ccc(Cl)s1)c1ccnc(CNC(C)(C)C)c1. The van der Waals surface area contributed by atoms with Gasteiger partial charge in [0.15, 0.2) is 0 Å². The molecule has 0 saturated heterocycles. The van der Waals surface area contributed by atoms with Crippen LogP contribution in [0.4, 0.5) is 5.69 Å². The van der Waals surface area contributed by atoms with Gasteiger partial charge >= 0.3 is 0 Å². The minimum absolute atomic E-state index is 0.0945. The molecule has 0 fully saturated rings. The summed E-state index contributed by atoms with van der Waals surface area (Å²) in [5.74, 6) is 0. The average Bonchev–Trinajstić information content (AvgIpc) is 2.81. The molecule has 3 nitrogen and oxygen atoms in total. The second-order valence-electron chi connectivity index (χ2n) is 6.17. The maximum atomic E-state index is 5.98. The highest BCUT2D eigenvalue weighted by molar-refractivity contribution is 7.16. The summed E-state index contributed by atoms with van der Waals surface area (Å²) in [6.45, 7) is 8.10. The number of halogens is 1. The van der Waals surface area contributed by atoms with Gasteiger partial charge in [-0.25, -0.2) is 0 Å². The molecule has 5 heteroatoms. The van der Waals surface area contributed by atoms with E-state index in [1.54, 1.807) is 11.3 Å². The smallest absolute Gasteiger partial charge is 0.0931 e. The molecule has 114 valence electrons. The molecule has 0 aliphatic carbocycles. The standard InChI is InChI=1S/C16H22ClN3S/c1-16(2,3)19-10-12-9-13(7-8-18-12)20(4)11-14-5-6-15(17)21-14/h5-9,19H,10-11H2,1-4H3. The highest BCUT2D eigenvalue weighted by Crippen LogP contribution is 2.24. The Morgan fingerprint density at radius 1 is 1.29 bits per heavy atom. The molecular weight excluding hydrogens is 302 g/mol. The van der Waals surface area contributed by atoms with Crippen molar-refractivity contribution in [3.63, 3.8) is 0 Å². The Labute approximate surface area is 136 Å². The first-order valence-corrected chi connectivity index (χ1v) is 8.18. The molecule has 0 unspecified atom stereocenters. The fourth-order valence-electron chi connectivity index (χ4n) is 1.92. The summed E-state index contributed by atoms with van der Waals surface area (Å²) in [5, 5.41) is 3.46. The molecule has 2 aromatic rings. The number of nitrogens with one attached hydrogen (secondary N) is 1. The van der Waals surface area contributed by atoms with Crippen LogP contribution in [0.25, 0.3) is 0 Å². The van der Waals surface area contributed by atoms with Crippen molar-refractivity contribution in [1.29, 1.82) is 0 Å². The maximum Gasteiger partial charge on any atom is 0.0931 e. The third kappa shape index (κ3) is 5.30. The molecule has 0 amide bonds. The van der Waals surface area contributed by atoms with Crippen molar-refractivity contribution in [2.24, 2.45) is 0 Å². The van der Waals surface area contributed by atoms with Crippen LogP contribution in [0.2, 0.25) is 4.34 Å².